The van der Waals surface area contributed by atoms with E-state index in [-0.39, 0.29) is 23.8 Å². The molecule has 1 aromatic heterocycles. The molecule has 1 aliphatic heterocycles. The van der Waals surface area contributed by atoms with Crippen molar-refractivity contribution in [1.82, 2.24) is 4.90 Å². The number of likely N-dealkylation sites (tertiary alicyclic amines) is 1. The molecular formula is C27H27NO5. The minimum absolute atomic E-state index is 0.0663. The maximum Gasteiger partial charge on any atom is 0.296 e. The van der Waals surface area contributed by atoms with Crippen LogP contribution in [0.1, 0.15) is 55.2 Å². The molecule has 1 atom stereocenters. The van der Waals surface area contributed by atoms with Crippen LogP contribution in [0.4, 0.5) is 0 Å². The number of aliphatic hydroxyl groups excluding tert-OH is 1. The average Bonchev–Trinajstić information content (AvgIpc) is 3.42. The van der Waals surface area contributed by atoms with Crippen LogP contribution in [0.5, 0.6) is 5.75 Å². The lowest BCUT2D eigenvalue weighted by atomic mass is 9.93. The fourth-order valence-corrected chi connectivity index (χ4v) is 4.18. The molecule has 1 amide bonds. The molecule has 6 heteroatoms. The Morgan fingerprint density at radius 3 is 2.48 bits per heavy atom. The predicted molar refractivity (Wildman–Crippen MR) is 125 cm³/mol. The van der Waals surface area contributed by atoms with E-state index in [0.717, 1.165) is 16.9 Å². The first-order chi connectivity index (χ1) is 15.9. The smallest absolute Gasteiger partial charge is 0.296 e. The highest BCUT2D eigenvalue weighted by atomic mass is 16.5. The van der Waals surface area contributed by atoms with Crippen LogP contribution in [0.15, 0.2) is 76.9 Å². The van der Waals surface area contributed by atoms with E-state index in [0.29, 0.717) is 17.9 Å². The summed E-state index contributed by atoms with van der Waals surface area (Å²) in [6.45, 7) is 6.63. The lowest BCUT2D eigenvalue weighted by Crippen LogP contribution is -2.29. The second-order valence-electron chi connectivity index (χ2n) is 8.26. The van der Waals surface area contributed by atoms with Crippen LogP contribution in [-0.2, 0) is 16.1 Å². The van der Waals surface area contributed by atoms with Crippen LogP contribution < -0.4 is 4.74 Å². The van der Waals surface area contributed by atoms with Gasteiger partial charge in [-0.15, -0.1) is 0 Å². The van der Waals surface area contributed by atoms with Gasteiger partial charge in [-0.3, -0.25) is 9.59 Å². The molecule has 1 N–H and O–H groups in total. The first-order valence-electron chi connectivity index (χ1n) is 11.0. The number of nitrogens with zero attached hydrogens (tertiary/aromatic N) is 1. The van der Waals surface area contributed by atoms with E-state index >= 15 is 0 Å². The van der Waals surface area contributed by atoms with E-state index in [1.807, 2.05) is 57.2 Å². The summed E-state index contributed by atoms with van der Waals surface area (Å²) < 4.78 is 11.1. The van der Waals surface area contributed by atoms with Crippen LogP contribution in [0.2, 0.25) is 0 Å². The first-order valence-corrected chi connectivity index (χ1v) is 11.0. The molecule has 3 aromatic rings. The third-order valence-corrected chi connectivity index (χ3v) is 5.77. The van der Waals surface area contributed by atoms with Gasteiger partial charge in [0.1, 0.15) is 17.3 Å². The SMILES string of the molecule is CCOc1ccc(/C(O)=C2/C(=O)C(=O)N(Cc3ccco3)C2c2ccccc2)cc1C(C)C. The molecule has 1 aliphatic rings. The minimum atomic E-state index is -0.731. The van der Waals surface area contributed by atoms with E-state index in [2.05, 4.69) is 0 Å². The Kier molecular flexibility index (Phi) is 6.36. The zero-order chi connectivity index (χ0) is 23.5. The van der Waals surface area contributed by atoms with Gasteiger partial charge in [-0.2, -0.15) is 0 Å². The fraction of sp³-hybridized carbons (Fsp3) is 0.259. The summed E-state index contributed by atoms with van der Waals surface area (Å²) in [4.78, 5) is 27.7. The third kappa shape index (κ3) is 4.29. The number of aliphatic hydroxyl groups is 1. The van der Waals surface area contributed by atoms with E-state index in [1.165, 1.54) is 11.2 Å². The molecule has 1 unspecified atom stereocenters. The zero-order valence-electron chi connectivity index (χ0n) is 18.9. The van der Waals surface area contributed by atoms with Crippen molar-refractivity contribution in [2.24, 2.45) is 0 Å². The van der Waals surface area contributed by atoms with Crippen molar-refractivity contribution in [2.75, 3.05) is 6.61 Å². The molecule has 6 nitrogen and oxygen atoms in total. The Hall–Kier alpha value is -3.80. The van der Waals surface area contributed by atoms with Crippen LogP contribution in [0, 0.1) is 0 Å². The Morgan fingerprint density at radius 1 is 1.09 bits per heavy atom. The molecule has 170 valence electrons. The topological polar surface area (TPSA) is 80.0 Å². The Labute approximate surface area is 193 Å². The molecule has 0 bridgehead atoms. The van der Waals surface area contributed by atoms with Gasteiger partial charge in [0, 0.05) is 5.56 Å². The number of hydrogen-bond acceptors (Lipinski definition) is 5. The summed E-state index contributed by atoms with van der Waals surface area (Å²) in [7, 11) is 0. The number of carbonyl (C=O) groups excluding carboxylic acids is 2. The second-order valence-corrected chi connectivity index (χ2v) is 8.26. The number of ketones is 1. The lowest BCUT2D eigenvalue weighted by Gasteiger charge is -2.24. The monoisotopic (exact) mass is 445 g/mol. The van der Waals surface area contributed by atoms with Gasteiger partial charge in [-0.1, -0.05) is 44.2 Å². The molecule has 1 saturated heterocycles. The first kappa shape index (κ1) is 22.4. The van der Waals surface area contributed by atoms with Crippen molar-refractivity contribution in [1.29, 1.82) is 0 Å². The number of rotatable bonds is 7. The number of Topliss-reactive ketones (excluding diaryl/α,β-unsaturated/α-hetero) is 1. The number of ether oxygens (including phenoxy) is 1. The number of hydrogen-bond donors (Lipinski definition) is 1. The molecule has 0 spiro atoms. The van der Waals surface area contributed by atoms with E-state index < -0.39 is 17.7 Å². The lowest BCUT2D eigenvalue weighted by molar-refractivity contribution is -0.140. The van der Waals surface area contributed by atoms with Gasteiger partial charge in [0.25, 0.3) is 11.7 Å². The molecule has 33 heavy (non-hydrogen) atoms. The number of carbonyl (C=O) groups is 2. The van der Waals surface area contributed by atoms with Gasteiger partial charge >= 0.3 is 0 Å². The van der Waals surface area contributed by atoms with E-state index in [9.17, 15) is 14.7 Å². The maximum absolute atomic E-state index is 13.2. The van der Waals surface area contributed by atoms with E-state index in [1.54, 1.807) is 24.3 Å². The summed E-state index contributed by atoms with van der Waals surface area (Å²) in [6, 6.07) is 17.3. The van der Waals surface area contributed by atoms with Crippen LogP contribution >= 0.6 is 0 Å². The van der Waals surface area contributed by atoms with Gasteiger partial charge < -0.3 is 19.2 Å². The third-order valence-electron chi connectivity index (χ3n) is 5.77. The standard InChI is InChI=1S/C27H27NO5/c1-4-32-22-13-12-19(15-21(22)17(2)3)25(29)23-24(18-9-6-5-7-10-18)28(27(31)26(23)30)16-20-11-8-14-33-20/h5-15,17,24,29H,4,16H2,1-3H3/b25-23-. The maximum atomic E-state index is 13.2. The summed E-state index contributed by atoms with van der Waals surface area (Å²) in [5.74, 6) is -0.146. The van der Waals surface area contributed by atoms with Crippen molar-refractivity contribution in [3.8, 4) is 5.75 Å². The average molecular weight is 446 g/mol. The quantitative estimate of drug-likeness (QED) is 0.298. The van der Waals surface area contributed by atoms with Crippen molar-refractivity contribution in [3.05, 3.63) is 95.0 Å². The second kappa shape index (κ2) is 9.36. The number of benzene rings is 2. The molecule has 0 aliphatic carbocycles. The van der Waals surface area contributed by atoms with Gasteiger partial charge in [-0.05, 0) is 54.3 Å². The zero-order valence-corrected chi connectivity index (χ0v) is 18.9. The van der Waals surface area contributed by atoms with Gasteiger partial charge in [0.2, 0.25) is 0 Å². The number of furan rings is 1. The van der Waals surface area contributed by atoms with Crippen molar-refractivity contribution >= 4 is 17.4 Å². The van der Waals surface area contributed by atoms with Crippen LogP contribution in [-0.4, -0.2) is 28.3 Å². The largest absolute Gasteiger partial charge is 0.507 e. The Balaban J connectivity index is 1.85. The van der Waals surface area contributed by atoms with Gasteiger partial charge in [-0.25, -0.2) is 0 Å². The highest BCUT2D eigenvalue weighted by Gasteiger charge is 2.46. The summed E-state index contributed by atoms with van der Waals surface area (Å²) in [5.41, 5.74) is 2.19. The molecule has 1 fully saturated rings. The summed E-state index contributed by atoms with van der Waals surface area (Å²) >= 11 is 0. The minimum Gasteiger partial charge on any atom is -0.507 e. The fourth-order valence-electron chi connectivity index (χ4n) is 4.18. The Morgan fingerprint density at radius 2 is 1.85 bits per heavy atom. The molecule has 4 rings (SSSR count). The highest BCUT2D eigenvalue weighted by Crippen LogP contribution is 2.41. The van der Waals surface area contributed by atoms with Gasteiger partial charge in [0.15, 0.2) is 0 Å². The normalized spacial score (nSPS) is 17.7. The van der Waals surface area contributed by atoms with Crippen LogP contribution in [0.3, 0.4) is 0 Å². The molecule has 0 saturated carbocycles. The van der Waals surface area contributed by atoms with Crippen molar-refractivity contribution in [2.45, 2.75) is 39.3 Å². The van der Waals surface area contributed by atoms with Gasteiger partial charge in [0.05, 0.1) is 31.0 Å². The molecular weight excluding hydrogens is 418 g/mol. The number of amides is 1. The predicted octanol–water partition coefficient (Wildman–Crippen LogP) is 5.42. The molecule has 2 aromatic carbocycles. The summed E-state index contributed by atoms with van der Waals surface area (Å²) in [5, 5.41) is 11.3. The van der Waals surface area contributed by atoms with Crippen LogP contribution in [0.25, 0.3) is 5.76 Å². The Bertz CT molecular complexity index is 1180. The van der Waals surface area contributed by atoms with E-state index in [4.69, 9.17) is 9.15 Å². The highest BCUT2D eigenvalue weighted by molar-refractivity contribution is 6.46. The van der Waals surface area contributed by atoms with Crippen molar-refractivity contribution < 1.29 is 23.8 Å². The molecule has 0 radical (unpaired) electrons. The molecule has 2 heterocycles. The summed E-state index contributed by atoms with van der Waals surface area (Å²) in [6.07, 6.45) is 1.52. The van der Waals surface area contributed by atoms with Crippen molar-refractivity contribution in [3.63, 3.8) is 0 Å².